The number of phenols is 1. The average Bonchev–Trinajstić information content (AvgIpc) is 3.93. The van der Waals surface area contributed by atoms with Gasteiger partial charge in [-0.15, -0.1) is 0 Å². The number of nitrogens with zero attached hydrogens (tertiary/aromatic N) is 3. The Bertz CT molecular complexity index is 1920. The number of aliphatic hydroxyl groups excluding tert-OH is 4. The highest BCUT2D eigenvalue weighted by Crippen LogP contribution is 2.52. The Hall–Kier alpha value is -5.33. The molecule has 5 aliphatic rings. The summed E-state index contributed by atoms with van der Waals surface area (Å²) in [5.74, 6) is -2.61. The van der Waals surface area contributed by atoms with Crippen molar-refractivity contribution in [2.24, 2.45) is 15.0 Å². The number of hydrogen-bond donors (Lipinski definition) is 8. The van der Waals surface area contributed by atoms with Crippen molar-refractivity contribution in [1.29, 1.82) is 5.41 Å². The van der Waals surface area contributed by atoms with Crippen LogP contribution in [0.1, 0.15) is 49.3 Å². The summed E-state index contributed by atoms with van der Waals surface area (Å²) in [5.41, 5.74) is -1.45. The van der Waals surface area contributed by atoms with Gasteiger partial charge in [0.15, 0.2) is 17.6 Å². The van der Waals surface area contributed by atoms with E-state index in [1.807, 2.05) is 0 Å². The summed E-state index contributed by atoms with van der Waals surface area (Å²) >= 11 is 0. The second-order valence-corrected chi connectivity index (χ2v) is 13.3. The maximum Gasteiger partial charge on any atom is 0.336 e. The first-order valence-electron chi connectivity index (χ1n) is 17.0. The molecule has 7 rings (SSSR count). The lowest BCUT2D eigenvalue weighted by molar-refractivity contribution is -0.303. The molecule has 4 aliphatic heterocycles. The zero-order valence-corrected chi connectivity index (χ0v) is 28.1. The first kappa shape index (κ1) is 36.0. The Morgan fingerprint density at radius 1 is 1.09 bits per heavy atom. The summed E-state index contributed by atoms with van der Waals surface area (Å²) in [6.07, 6.45) is -2.06. The van der Waals surface area contributed by atoms with Crippen molar-refractivity contribution in [3.05, 3.63) is 59.7 Å². The molecule has 0 aromatic heterocycles. The molecule has 1 aliphatic carbocycles. The van der Waals surface area contributed by atoms with Crippen molar-refractivity contribution in [3.8, 4) is 28.7 Å². The molecule has 2 fully saturated rings. The number of fused-ring (bicyclic) bond motifs is 1. The number of rotatable bonds is 12. The summed E-state index contributed by atoms with van der Waals surface area (Å²) in [5, 5.41) is 84.1. The number of aliphatic carboxylic acids is 1. The largest absolute Gasteiger partial charge is 0.507 e. The van der Waals surface area contributed by atoms with Crippen LogP contribution in [0.25, 0.3) is 5.76 Å². The van der Waals surface area contributed by atoms with Crippen molar-refractivity contribution in [3.63, 3.8) is 0 Å². The monoisotopic (exact) mass is 734 g/mol. The molecule has 17 heteroatoms. The number of phenolic OH excluding ortho intramolecular Hbond substituents is 1. The topological polar surface area (TPSA) is 266 Å². The number of nitrogens with one attached hydrogen (secondary N) is 1. The number of amidine groups is 1. The standard InChI is InChI=1S/C36H38N4O13/c37-27-10-9-21(40-27)23(42)15-49-19-7-5-17(6-8-19)24-11-22(41)28-25(51-24)12-26(31(29(28)43)50-20-3-1-2-4-20)52-35-30(44)32(45)36(48,33(53-35)34(46)47)13-18-14-38-16-39-18/h5-12,16,20,23-24,30,32-33,35,37,41-45,48H,1-4,13-15H2,(H,46,47)/t23-,24?,30+,32-,33+,35+,36-/m0/s1. The predicted molar refractivity (Wildman–Crippen MR) is 187 cm³/mol. The highest BCUT2D eigenvalue weighted by Gasteiger charge is 2.59. The van der Waals surface area contributed by atoms with Gasteiger partial charge in [-0.25, -0.2) is 14.8 Å². The Morgan fingerprint density at radius 3 is 2.51 bits per heavy atom. The first-order valence-corrected chi connectivity index (χ1v) is 17.0. The van der Waals surface area contributed by atoms with Gasteiger partial charge in [0.25, 0.3) is 0 Å². The minimum atomic E-state index is -2.50. The van der Waals surface area contributed by atoms with Gasteiger partial charge in [0.2, 0.25) is 12.0 Å². The molecular formula is C36H38N4O13. The smallest absolute Gasteiger partial charge is 0.336 e. The number of aromatic hydroxyl groups is 1. The molecule has 1 unspecified atom stereocenters. The zero-order chi connectivity index (χ0) is 37.4. The number of hydrogen-bond acceptors (Lipinski definition) is 15. The number of aliphatic hydroxyl groups is 5. The summed E-state index contributed by atoms with van der Waals surface area (Å²) in [7, 11) is 0. The SMILES string of the molecule is N=C1C=CC([C@@H](O)COc2ccc(C3C=C(O)c4c(cc(O[C@@H]5O[C@H](C(=O)O)[C@](O)(CC6=NC=NC6)[C@@H](O)[C@H]5O)c(OC5CCCC5)c4O)O3)cc2)=N1. The van der Waals surface area contributed by atoms with Gasteiger partial charge in [-0.05, 0) is 55.5 Å². The van der Waals surface area contributed by atoms with E-state index in [0.717, 1.165) is 12.8 Å². The molecule has 4 heterocycles. The molecule has 8 N–H and O–H groups in total. The summed E-state index contributed by atoms with van der Waals surface area (Å²) in [6.45, 7) is -0.0373. The van der Waals surface area contributed by atoms with Crippen molar-refractivity contribution in [1.82, 2.24) is 0 Å². The van der Waals surface area contributed by atoms with Crippen LogP contribution in [-0.2, 0) is 9.53 Å². The molecule has 17 nitrogen and oxygen atoms in total. The molecule has 2 aromatic carbocycles. The Balaban J connectivity index is 1.14. The molecule has 0 bridgehead atoms. The third kappa shape index (κ3) is 7.21. The van der Waals surface area contributed by atoms with Gasteiger partial charge in [-0.3, -0.25) is 10.4 Å². The van der Waals surface area contributed by atoms with Crippen LogP contribution >= 0.6 is 0 Å². The van der Waals surface area contributed by atoms with Gasteiger partial charge in [-0.2, -0.15) is 0 Å². The van der Waals surface area contributed by atoms with Crippen LogP contribution in [0.2, 0.25) is 0 Å². The number of ether oxygens (including phenoxy) is 5. The van der Waals surface area contributed by atoms with E-state index in [1.165, 1.54) is 24.6 Å². The molecule has 1 saturated carbocycles. The molecule has 53 heavy (non-hydrogen) atoms. The lowest BCUT2D eigenvalue weighted by atomic mass is 9.80. The van der Waals surface area contributed by atoms with Crippen LogP contribution in [0.4, 0.5) is 0 Å². The normalized spacial score (nSPS) is 28.5. The second kappa shape index (κ2) is 14.6. The van der Waals surface area contributed by atoms with Gasteiger partial charge in [0.05, 0.1) is 18.4 Å². The second-order valence-electron chi connectivity index (χ2n) is 13.3. The van der Waals surface area contributed by atoms with E-state index in [2.05, 4.69) is 15.0 Å². The maximum absolute atomic E-state index is 12.3. The molecular weight excluding hydrogens is 696 g/mol. The number of benzene rings is 2. The zero-order valence-electron chi connectivity index (χ0n) is 28.1. The Labute approximate surface area is 301 Å². The quantitative estimate of drug-likeness (QED) is 0.155. The fourth-order valence-electron chi connectivity index (χ4n) is 6.82. The van der Waals surface area contributed by atoms with E-state index >= 15 is 0 Å². The van der Waals surface area contributed by atoms with Crippen molar-refractivity contribution in [2.75, 3.05) is 13.2 Å². The van der Waals surface area contributed by atoms with E-state index in [0.29, 0.717) is 29.9 Å². The fraction of sp³-hybridized carbons (Fsp3) is 0.417. The minimum Gasteiger partial charge on any atom is -0.507 e. The first-order chi connectivity index (χ1) is 25.4. The molecule has 2 aromatic rings. The number of carboxylic acid groups (broad SMARTS) is 1. The molecule has 7 atom stereocenters. The van der Waals surface area contributed by atoms with E-state index in [4.69, 9.17) is 29.1 Å². The van der Waals surface area contributed by atoms with E-state index in [1.54, 1.807) is 30.3 Å². The van der Waals surface area contributed by atoms with E-state index < -0.39 is 60.6 Å². The number of carboxylic acids is 1. The lowest BCUT2D eigenvalue weighted by Crippen LogP contribution is -2.69. The number of aliphatic imine (C=N–C) groups is 3. The lowest BCUT2D eigenvalue weighted by Gasteiger charge is -2.46. The maximum atomic E-state index is 12.3. The van der Waals surface area contributed by atoms with Crippen molar-refractivity contribution in [2.45, 2.75) is 80.6 Å². The van der Waals surface area contributed by atoms with E-state index in [9.17, 15) is 40.5 Å². The molecule has 0 spiro atoms. The summed E-state index contributed by atoms with van der Waals surface area (Å²) in [4.78, 5) is 24.1. The third-order valence-corrected chi connectivity index (χ3v) is 9.60. The van der Waals surface area contributed by atoms with Crippen LogP contribution in [0.15, 0.2) is 63.5 Å². The summed E-state index contributed by atoms with van der Waals surface area (Å²) in [6, 6.07) is 7.89. The number of carbonyl (C=O) groups is 1. The van der Waals surface area contributed by atoms with Gasteiger partial charge in [0.1, 0.15) is 71.6 Å². The van der Waals surface area contributed by atoms with Gasteiger partial charge in [0, 0.05) is 24.3 Å². The molecule has 0 amide bonds. The molecule has 0 radical (unpaired) electrons. The minimum absolute atomic E-state index is 0.0406. The highest BCUT2D eigenvalue weighted by molar-refractivity contribution is 6.15. The Morgan fingerprint density at radius 2 is 1.85 bits per heavy atom. The van der Waals surface area contributed by atoms with Crippen molar-refractivity contribution < 1.29 is 64.2 Å². The van der Waals surface area contributed by atoms with Gasteiger partial charge >= 0.3 is 5.97 Å². The van der Waals surface area contributed by atoms with Crippen LogP contribution in [0.3, 0.4) is 0 Å². The third-order valence-electron chi connectivity index (χ3n) is 9.60. The molecule has 280 valence electrons. The predicted octanol–water partition coefficient (Wildman–Crippen LogP) is 1.99. The van der Waals surface area contributed by atoms with Crippen LogP contribution in [-0.4, -0.2) is 121 Å². The van der Waals surface area contributed by atoms with Gasteiger partial charge < -0.3 is 59.4 Å². The van der Waals surface area contributed by atoms with Crippen LogP contribution in [0, 0.1) is 5.41 Å². The van der Waals surface area contributed by atoms with Crippen molar-refractivity contribution >= 4 is 35.3 Å². The van der Waals surface area contributed by atoms with Crippen LogP contribution in [0.5, 0.6) is 28.7 Å². The highest BCUT2D eigenvalue weighted by atomic mass is 16.7. The van der Waals surface area contributed by atoms with Gasteiger partial charge in [-0.1, -0.05) is 12.1 Å². The van der Waals surface area contributed by atoms with E-state index in [-0.39, 0.29) is 59.4 Å². The fourth-order valence-corrected chi connectivity index (χ4v) is 6.82. The summed E-state index contributed by atoms with van der Waals surface area (Å²) < 4.78 is 29.6. The van der Waals surface area contributed by atoms with Crippen LogP contribution < -0.4 is 18.9 Å². The Kier molecular flexibility index (Phi) is 9.93. The molecule has 1 saturated heterocycles. The average molecular weight is 735 g/mol.